The molecule has 2 saturated carbocycles. The summed E-state index contributed by atoms with van der Waals surface area (Å²) in [4.78, 5) is 11.8. The summed E-state index contributed by atoms with van der Waals surface area (Å²) >= 11 is 0. The smallest absolute Gasteiger partial charge is 0.309 e. The predicted molar refractivity (Wildman–Crippen MR) is 67.7 cm³/mol. The van der Waals surface area contributed by atoms with Gasteiger partial charge in [-0.25, -0.2) is 0 Å². The number of carboxylic acids is 1. The minimum atomic E-state index is -0.641. The second-order valence-corrected chi connectivity index (χ2v) is 7.25. The Labute approximate surface area is 113 Å². The van der Waals surface area contributed by atoms with Crippen molar-refractivity contribution in [1.82, 2.24) is 0 Å². The van der Waals surface area contributed by atoms with Gasteiger partial charge in [0.1, 0.15) is 0 Å². The fourth-order valence-corrected chi connectivity index (χ4v) is 4.78. The van der Waals surface area contributed by atoms with E-state index < -0.39 is 11.4 Å². The zero-order valence-electron chi connectivity index (χ0n) is 11.5. The molecule has 0 aromatic heterocycles. The molecule has 4 heteroatoms. The van der Waals surface area contributed by atoms with E-state index in [2.05, 4.69) is 6.92 Å². The van der Waals surface area contributed by atoms with E-state index >= 15 is 0 Å². The van der Waals surface area contributed by atoms with E-state index in [-0.39, 0.29) is 12.0 Å². The molecule has 4 nitrogen and oxygen atoms in total. The molecule has 2 heterocycles. The lowest BCUT2D eigenvalue weighted by molar-refractivity contribution is -0.156. The molecule has 0 bridgehead atoms. The van der Waals surface area contributed by atoms with Crippen molar-refractivity contribution < 1.29 is 19.4 Å². The summed E-state index contributed by atoms with van der Waals surface area (Å²) in [6.45, 7) is 4.20. The third kappa shape index (κ3) is 1.69. The highest BCUT2D eigenvalue weighted by Gasteiger charge is 2.63. The predicted octanol–water partition coefficient (Wildman–Crippen LogP) is 2.07. The third-order valence-corrected chi connectivity index (χ3v) is 6.14. The Bertz CT molecular complexity index is 422. The molecule has 0 radical (unpaired) electrons. The monoisotopic (exact) mass is 266 g/mol. The van der Waals surface area contributed by atoms with Gasteiger partial charge in [0.05, 0.1) is 29.8 Å². The Morgan fingerprint density at radius 2 is 1.95 bits per heavy atom. The SMILES string of the molecule is CC1CC2OC2CC1C1C2OC2CCC1(C)C(=O)O. The summed E-state index contributed by atoms with van der Waals surface area (Å²) in [7, 11) is 0. The van der Waals surface area contributed by atoms with Gasteiger partial charge in [-0.05, 0) is 44.4 Å². The van der Waals surface area contributed by atoms with E-state index in [0.29, 0.717) is 30.1 Å². The van der Waals surface area contributed by atoms with Gasteiger partial charge in [-0.15, -0.1) is 0 Å². The summed E-state index contributed by atoms with van der Waals surface area (Å²) in [5.74, 6) is 0.525. The van der Waals surface area contributed by atoms with Crippen LogP contribution in [0.4, 0.5) is 0 Å². The summed E-state index contributed by atoms with van der Waals surface area (Å²) < 4.78 is 11.4. The van der Waals surface area contributed by atoms with Gasteiger partial charge in [0.25, 0.3) is 0 Å². The lowest BCUT2D eigenvalue weighted by atomic mass is 9.58. The maximum absolute atomic E-state index is 11.8. The molecule has 106 valence electrons. The van der Waals surface area contributed by atoms with Crippen molar-refractivity contribution in [2.45, 2.75) is 63.9 Å². The number of ether oxygens (including phenoxy) is 2. The second-order valence-electron chi connectivity index (χ2n) is 7.25. The molecule has 0 amide bonds. The van der Waals surface area contributed by atoms with E-state index in [1.54, 1.807) is 0 Å². The molecule has 0 aromatic rings. The Kier molecular flexibility index (Phi) is 2.39. The van der Waals surface area contributed by atoms with Crippen molar-refractivity contribution in [2.75, 3.05) is 0 Å². The first-order chi connectivity index (χ1) is 9.00. The average Bonchev–Trinajstić information content (AvgIpc) is 3.21. The van der Waals surface area contributed by atoms with E-state index in [1.165, 1.54) is 0 Å². The molecular weight excluding hydrogens is 244 g/mol. The Balaban J connectivity index is 1.64. The van der Waals surface area contributed by atoms with Gasteiger partial charge in [-0.3, -0.25) is 4.79 Å². The topological polar surface area (TPSA) is 62.4 Å². The molecule has 1 N–H and O–H groups in total. The van der Waals surface area contributed by atoms with Gasteiger partial charge < -0.3 is 14.6 Å². The summed E-state index contributed by atoms with van der Waals surface area (Å²) in [6, 6.07) is 0. The fraction of sp³-hybridized carbons (Fsp3) is 0.933. The molecule has 8 unspecified atom stereocenters. The van der Waals surface area contributed by atoms with E-state index in [4.69, 9.17) is 9.47 Å². The first-order valence-electron chi connectivity index (χ1n) is 7.55. The molecule has 4 aliphatic rings. The molecular formula is C15H22O4. The van der Waals surface area contributed by atoms with Crippen molar-refractivity contribution in [1.29, 1.82) is 0 Å². The van der Waals surface area contributed by atoms with Gasteiger partial charge in [0.2, 0.25) is 0 Å². The highest BCUT2D eigenvalue weighted by atomic mass is 16.6. The number of aliphatic carboxylic acids is 1. The lowest BCUT2D eigenvalue weighted by Gasteiger charge is -2.43. The lowest BCUT2D eigenvalue weighted by Crippen LogP contribution is -2.48. The maximum atomic E-state index is 11.8. The van der Waals surface area contributed by atoms with Gasteiger partial charge >= 0.3 is 5.97 Å². The molecule has 0 spiro atoms. The van der Waals surface area contributed by atoms with Gasteiger partial charge in [0.15, 0.2) is 0 Å². The zero-order valence-corrected chi connectivity index (χ0v) is 11.5. The quantitative estimate of drug-likeness (QED) is 0.777. The van der Waals surface area contributed by atoms with Gasteiger partial charge in [-0.2, -0.15) is 0 Å². The van der Waals surface area contributed by atoms with Gasteiger partial charge in [-0.1, -0.05) is 6.92 Å². The van der Waals surface area contributed by atoms with Crippen LogP contribution < -0.4 is 0 Å². The summed E-state index contributed by atoms with van der Waals surface area (Å²) in [6.07, 6.45) is 5.19. The Hall–Kier alpha value is -0.610. The zero-order chi connectivity index (χ0) is 13.4. The number of epoxide rings is 2. The van der Waals surface area contributed by atoms with Crippen molar-refractivity contribution in [3.05, 3.63) is 0 Å². The van der Waals surface area contributed by atoms with Crippen LogP contribution in [0.2, 0.25) is 0 Å². The third-order valence-electron chi connectivity index (χ3n) is 6.14. The van der Waals surface area contributed by atoms with Crippen LogP contribution in [-0.2, 0) is 14.3 Å². The highest BCUT2D eigenvalue weighted by Crippen LogP contribution is 2.58. The summed E-state index contributed by atoms with van der Waals surface area (Å²) in [5, 5.41) is 9.71. The largest absolute Gasteiger partial charge is 0.481 e. The van der Waals surface area contributed by atoms with Crippen molar-refractivity contribution >= 4 is 5.97 Å². The van der Waals surface area contributed by atoms with Crippen LogP contribution in [0.5, 0.6) is 0 Å². The van der Waals surface area contributed by atoms with Crippen LogP contribution in [0, 0.1) is 23.2 Å². The van der Waals surface area contributed by atoms with Crippen molar-refractivity contribution in [3.63, 3.8) is 0 Å². The summed E-state index contributed by atoms with van der Waals surface area (Å²) in [5.41, 5.74) is -0.613. The number of hydrogen-bond donors (Lipinski definition) is 1. The highest BCUT2D eigenvalue weighted by molar-refractivity contribution is 5.75. The van der Waals surface area contributed by atoms with E-state index in [1.807, 2.05) is 6.92 Å². The molecule has 0 aromatic carbocycles. The fourth-order valence-electron chi connectivity index (χ4n) is 4.78. The number of carbonyl (C=O) groups is 1. The first kappa shape index (κ1) is 12.2. The van der Waals surface area contributed by atoms with Crippen molar-refractivity contribution in [3.8, 4) is 0 Å². The Morgan fingerprint density at radius 3 is 2.68 bits per heavy atom. The van der Waals surface area contributed by atoms with Crippen LogP contribution in [0.3, 0.4) is 0 Å². The molecule has 2 aliphatic heterocycles. The van der Waals surface area contributed by atoms with Crippen LogP contribution in [0.1, 0.15) is 39.5 Å². The Morgan fingerprint density at radius 1 is 1.21 bits per heavy atom. The maximum Gasteiger partial charge on any atom is 0.309 e. The molecule has 19 heavy (non-hydrogen) atoms. The standard InChI is InChI=1S/C15H22O4/c1-7-5-10-11(18-10)6-8(7)12-13-9(19-13)3-4-15(12,2)14(16)17/h7-13H,3-6H2,1-2H3,(H,16,17). The van der Waals surface area contributed by atoms with E-state index in [0.717, 1.165) is 25.7 Å². The van der Waals surface area contributed by atoms with Crippen LogP contribution in [0.15, 0.2) is 0 Å². The van der Waals surface area contributed by atoms with Crippen molar-refractivity contribution in [2.24, 2.45) is 23.2 Å². The van der Waals surface area contributed by atoms with Crippen LogP contribution in [-0.4, -0.2) is 35.5 Å². The van der Waals surface area contributed by atoms with Gasteiger partial charge in [0, 0.05) is 5.92 Å². The van der Waals surface area contributed by atoms with Crippen LogP contribution >= 0.6 is 0 Å². The first-order valence-corrected chi connectivity index (χ1v) is 7.55. The number of rotatable bonds is 2. The number of carboxylic acid groups (broad SMARTS) is 1. The average molecular weight is 266 g/mol. The molecule has 4 fully saturated rings. The molecule has 4 rings (SSSR count). The minimum absolute atomic E-state index is 0.170. The molecule has 8 atom stereocenters. The normalized spacial score (nSPS) is 58.9. The molecule has 2 saturated heterocycles. The second kappa shape index (κ2) is 3.73. The number of hydrogen-bond acceptors (Lipinski definition) is 3. The number of fused-ring (bicyclic) bond motifs is 2. The molecule has 2 aliphatic carbocycles. The van der Waals surface area contributed by atoms with Crippen LogP contribution in [0.25, 0.3) is 0 Å². The minimum Gasteiger partial charge on any atom is -0.481 e. The van der Waals surface area contributed by atoms with E-state index in [9.17, 15) is 9.90 Å².